The lowest BCUT2D eigenvalue weighted by Crippen LogP contribution is -2.40. The smallest absolute Gasteiger partial charge is 0.235 e. The maximum atomic E-state index is 12.7. The summed E-state index contributed by atoms with van der Waals surface area (Å²) in [6.07, 6.45) is 3.64. The molecule has 7 heteroatoms. The van der Waals surface area contributed by atoms with E-state index in [1.54, 1.807) is 0 Å². The van der Waals surface area contributed by atoms with E-state index in [2.05, 4.69) is 29.3 Å². The van der Waals surface area contributed by atoms with Gasteiger partial charge in [-0.1, -0.05) is 48.9 Å². The fourth-order valence-electron chi connectivity index (χ4n) is 4.12. The number of benzene rings is 2. The van der Waals surface area contributed by atoms with E-state index in [1.807, 2.05) is 50.2 Å². The molecular formula is C25H35N3O3S. The lowest BCUT2D eigenvalue weighted by molar-refractivity contribution is -0.122. The molecule has 2 aromatic carbocycles. The second-order valence-electron chi connectivity index (χ2n) is 9.09. The predicted octanol–water partition coefficient (Wildman–Crippen LogP) is 3.87. The van der Waals surface area contributed by atoms with Crippen LogP contribution in [0.25, 0.3) is 0 Å². The largest absolute Gasteiger partial charge is 0.371 e. The zero-order valence-electron chi connectivity index (χ0n) is 19.5. The predicted molar refractivity (Wildman–Crippen MR) is 130 cm³/mol. The molecule has 1 N–H and O–H groups in total. The van der Waals surface area contributed by atoms with Gasteiger partial charge in [-0.25, -0.2) is 8.42 Å². The Morgan fingerprint density at radius 2 is 1.81 bits per heavy atom. The standard InChI is InChI=1S/C25H35N3O3S/c1-19-7-9-22(10-8-19)17-28(32(4,30)31)18-25(29)26-21(3)23-11-13-24(14-12-23)27-15-5-6-20(2)16-27/h7-14,20-21H,5-6,15-18H2,1-4H3,(H,26,29)/t20-,21-/m1/s1. The van der Waals surface area contributed by atoms with Gasteiger partial charge < -0.3 is 10.2 Å². The van der Waals surface area contributed by atoms with Crippen LogP contribution in [0.4, 0.5) is 5.69 Å². The Bertz CT molecular complexity index is 1000. The minimum Gasteiger partial charge on any atom is -0.371 e. The summed E-state index contributed by atoms with van der Waals surface area (Å²) in [5.74, 6) is 0.392. The fraction of sp³-hybridized carbons (Fsp3) is 0.480. The number of rotatable bonds is 8. The van der Waals surface area contributed by atoms with E-state index in [9.17, 15) is 13.2 Å². The van der Waals surface area contributed by atoms with Gasteiger partial charge in [-0.15, -0.1) is 0 Å². The Balaban J connectivity index is 1.60. The normalized spacial score (nSPS) is 17.9. The number of carbonyl (C=O) groups excluding carboxylic acids is 1. The Morgan fingerprint density at radius 3 is 2.41 bits per heavy atom. The highest BCUT2D eigenvalue weighted by atomic mass is 32.2. The summed E-state index contributed by atoms with van der Waals surface area (Å²) in [4.78, 5) is 15.1. The Hall–Kier alpha value is -2.38. The number of sulfonamides is 1. The van der Waals surface area contributed by atoms with E-state index in [-0.39, 0.29) is 25.0 Å². The number of nitrogens with one attached hydrogen (secondary N) is 1. The topological polar surface area (TPSA) is 69.7 Å². The summed E-state index contributed by atoms with van der Waals surface area (Å²) in [7, 11) is -3.52. The van der Waals surface area contributed by atoms with Crippen LogP contribution in [0.2, 0.25) is 0 Å². The van der Waals surface area contributed by atoms with Crippen LogP contribution in [-0.4, -0.2) is 44.5 Å². The number of hydrogen-bond acceptors (Lipinski definition) is 4. The molecule has 1 aliphatic rings. The van der Waals surface area contributed by atoms with E-state index in [4.69, 9.17) is 0 Å². The molecule has 1 aliphatic heterocycles. The SMILES string of the molecule is Cc1ccc(CN(CC(=O)N[C@H](C)c2ccc(N3CCC[C@@H](C)C3)cc2)S(C)(=O)=O)cc1. The minimum atomic E-state index is -3.52. The van der Waals surface area contributed by atoms with Gasteiger partial charge in [0.2, 0.25) is 15.9 Å². The summed E-state index contributed by atoms with van der Waals surface area (Å²) in [6.45, 7) is 8.31. The van der Waals surface area contributed by atoms with Crippen molar-refractivity contribution in [1.82, 2.24) is 9.62 Å². The molecule has 2 aromatic rings. The average molecular weight is 458 g/mol. The molecule has 32 heavy (non-hydrogen) atoms. The molecular weight excluding hydrogens is 422 g/mol. The van der Waals surface area contributed by atoms with Crippen LogP contribution in [0.15, 0.2) is 48.5 Å². The van der Waals surface area contributed by atoms with Crippen molar-refractivity contribution in [3.8, 4) is 0 Å². The lowest BCUT2D eigenvalue weighted by atomic mass is 9.99. The molecule has 2 atom stereocenters. The minimum absolute atomic E-state index is 0.171. The van der Waals surface area contributed by atoms with Crippen molar-refractivity contribution in [2.45, 2.75) is 46.2 Å². The highest BCUT2D eigenvalue weighted by Crippen LogP contribution is 2.24. The van der Waals surface area contributed by atoms with Crippen molar-refractivity contribution in [3.63, 3.8) is 0 Å². The van der Waals surface area contributed by atoms with Crippen molar-refractivity contribution in [3.05, 3.63) is 65.2 Å². The van der Waals surface area contributed by atoms with Gasteiger partial charge in [0.1, 0.15) is 0 Å². The number of piperidine rings is 1. The van der Waals surface area contributed by atoms with Crippen molar-refractivity contribution < 1.29 is 13.2 Å². The number of carbonyl (C=O) groups is 1. The van der Waals surface area contributed by atoms with Crippen molar-refractivity contribution >= 4 is 21.6 Å². The highest BCUT2D eigenvalue weighted by molar-refractivity contribution is 7.88. The van der Waals surface area contributed by atoms with Crippen molar-refractivity contribution in [2.24, 2.45) is 5.92 Å². The molecule has 0 radical (unpaired) electrons. The summed E-state index contributed by atoms with van der Waals surface area (Å²) in [5, 5.41) is 2.94. The van der Waals surface area contributed by atoms with Crippen LogP contribution in [0.1, 0.15) is 49.4 Å². The van der Waals surface area contributed by atoms with E-state index < -0.39 is 10.0 Å². The number of anilines is 1. The van der Waals surface area contributed by atoms with E-state index in [1.165, 1.54) is 22.8 Å². The van der Waals surface area contributed by atoms with Crippen LogP contribution in [0.5, 0.6) is 0 Å². The monoisotopic (exact) mass is 457 g/mol. The Kier molecular flexibility index (Phi) is 7.96. The maximum Gasteiger partial charge on any atom is 0.235 e. The fourth-order valence-corrected chi connectivity index (χ4v) is 4.85. The maximum absolute atomic E-state index is 12.7. The van der Waals surface area contributed by atoms with Gasteiger partial charge in [-0.3, -0.25) is 4.79 Å². The third-order valence-electron chi connectivity index (χ3n) is 6.06. The third-order valence-corrected chi connectivity index (χ3v) is 7.26. The molecule has 0 aromatic heterocycles. The molecule has 1 saturated heterocycles. The van der Waals surface area contributed by atoms with Crippen LogP contribution < -0.4 is 10.2 Å². The molecule has 0 spiro atoms. The molecule has 1 heterocycles. The van der Waals surface area contributed by atoms with Gasteiger partial charge in [-0.2, -0.15) is 4.31 Å². The first-order valence-corrected chi connectivity index (χ1v) is 13.1. The Labute approximate surface area is 192 Å². The zero-order chi connectivity index (χ0) is 23.3. The molecule has 0 aliphatic carbocycles. The van der Waals surface area contributed by atoms with Crippen LogP contribution >= 0.6 is 0 Å². The summed E-state index contributed by atoms with van der Waals surface area (Å²) < 4.78 is 25.7. The molecule has 1 fully saturated rings. The highest BCUT2D eigenvalue weighted by Gasteiger charge is 2.22. The molecule has 174 valence electrons. The zero-order valence-corrected chi connectivity index (χ0v) is 20.4. The van der Waals surface area contributed by atoms with Gasteiger partial charge in [0, 0.05) is 25.3 Å². The first-order valence-electron chi connectivity index (χ1n) is 11.3. The first-order chi connectivity index (χ1) is 15.1. The Morgan fingerprint density at radius 1 is 1.16 bits per heavy atom. The number of aryl methyl sites for hydroxylation is 1. The second-order valence-corrected chi connectivity index (χ2v) is 11.1. The van der Waals surface area contributed by atoms with Gasteiger partial charge in [0.05, 0.1) is 18.8 Å². The molecule has 1 amide bonds. The summed E-state index contributed by atoms with van der Waals surface area (Å²) in [5.41, 5.74) is 4.16. The van der Waals surface area contributed by atoms with Gasteiger partial charge in [-0.05, 0) is 55.9 Å². The van der Waals surface area contributed by atoms with E-state index in [0.29, 0.717) is 5.92 Å². The van der Waals surface area contributed by atoms with E-state index in [0.717, 1.165) is 36.0 Å². The van der Waals surface area contributed by atoms with Crippen LogP contribution in [0.3, 0.4) is 0 Å². The number of nitrogens with zero attached hydrogens (tertiary/aromatic N) is 2. The molecule has 0 bridgehead atoms. The summed E-state index contributed by atoms with van der Waals surface area (Å²) in [6, 6.07) is 15.7. The van der Waals surface area contributed by atoms with E-state index >= 15 is 0 Å². The average Bonchev–Trinajstić information content (AvgIpc) is 2.74. The quantitative estimate of drug-likeness (QED) is 0.653. The third kappa shape index (κ3) is 6.81. The molecule has 3 rings (SSSR count). The van der Waals surface area contributed by atoms with Gasteiger partial charge >= 0.3 is 0 Å². The lowest BCUT2D eigenvalue weighted by Gasteiger charge is -2.33. The van der Waals surface area contributed by atoms with Gasteiger partial charge in [0.25, 0.3) is 0 Å². The molecule has 0 saturated carbocycles. The number of amides is 1. The second kappa shape index (κ2) is 10.5. The van der Waals surface area contributed by atoms with Crippen LogP contribution in [0, 0.1) is 12.8 Å². The van der Waals surface area contributed by atoms with Crippen molar-refractivity contribution in [2.75, 3.05) is 30.8 Å². The summed E-state index contributed by atoms with van der Waals surface area (Å²) >= 11 is 0. The first kappa shape index (κ1) is 24.3. The van der Waals surface area contributed by atoms with Gasteiger partial charge in [0.15, 0.2) is 0 Å². The molecule has 0 unspecified atom stereocenters. The van der Waals surface area contributed by atoms with Crippen molar-refractivity contribution in [1.29, 1.82) is 0 Å². The molecule has 6 nitrogen and oxygen atoms in total. The number of hydrogen-bond donors (Lipinski definition) is 1. The van der Waals surface area contributed by atoms with Crippen LogP contribution in [-0.2, 0) is 21.4 Å².